The average Bonchev–Trinajstić information content (AvgIpc) is 2.46. The van der Waals surface area contributed by atoms with E-state index in [0.717, 1.165) is 24.8 Å². The molecule has 0 amide bonds. The second kappa shape index (κ2) is 5.80. The first kappa shape index (κ1) is 14.2. The summed E-state index contributed by atoms with van der Waals surface area (Å²) in [6.07, 6.45) is 2.35. The van der Waals surface area contributed by atoms with Gasteiger partial charge in [-0.05, 0) is 43.9 Å². The van der Waals surface area contributed by atoms with E-state index in [2.05, 4.69) is 0 Å². The van der Waals surface area contributed by atoms with Gasteiger partial charge in [-0.15, -0.1) is 0 Å². The maximum atomic E-state index is 10.6. The first-order valence-electron chi connectivity index (χ1n) is 6.64. The second-order valence-electron chi connectivity index (χ2n) is 5.14. The summed E-state index contributed by atoms with van der Waals surface area (Å²) in [4.78, 5) is 0. The average molecular weight is 266 g/mol. The van der Waals surface area contributed by atoms with E-state index in [0.29, 0.717) is 18.1 Å². The van der Waals surface area contributed by atoms with Crippen molar-refractivity contribution in [2.45, 2.75) is 37.9 Å². The van der Waals surface area contributed by atoms with Gasteiger partial charge in [0.05, 0.1) is 19.8 Å². The fraction of sp³-hybridized carbons (Fsp3) is 0.600. The molecule has 0 saturated carbocycles. The summed E-state index contributed by atoms with van der Waals surface area (Å²) in [6.45, 7) is 2.67. The van der Waals surface area contributed by atoms with Crippen molar-refractivity contribution < 1.29 is 19.3 Å². The molecule has 19 heavy (non-hydrogen) atoms. The smallest absolute Gasteiger partial charge is 0.161 e. The van der Waals surface area contributed by atoms with E-state index >= 15 is 0 Å². The zero-order valence-corrected chi connectivity index (χ0v) is 11.8. The predicted octanol–water partition coefficient (Wildman–Crippen LogP) is 2.70. The molecule has 1 N–H and O–H groups in total. The van der Waals surface area contributed by atoms with Gasteiger partial charge in [0.1, 0.15) is 6.10 Å². The minimum atomic E-state index is -0.660. The Morgan fingerprint density at radius 2 is 1.95 bits per heavy atom. The molecule has 0 radical (unpaired) electrons. The molecule has 1 heterocycles. The fourth-order valence-electron chi connectivity index (χ4n) is 2.55. The summed E-state index contributed by atoms with van der Waals surface area (Å²) < 4.78 is 16.3. The summed E-state index contributed by atoms with van der Waals surface area (Å²) in [5, 5.41) is 10.6. The molecule has 106 valence electrons. The molecule has 4 nitrogen and oxygen atoms in total. The maximum Gasteiger partial charge on any atom is 0.161 e. The van der Waals surface area contributed by atoms with E-state index in [1.54, 1.807) is 14.2 Å². The van der Waals surface area contributed by atoms with E-state index in [9.17, 15) is 5.11 Å². The highest BCUT2D eigenvalue weighted by molar-refractivity contribution is 5.44. The van der Waals surface area contributed by atoms with Crippen LogP contribution in [-0.2, 0) is 4.74 Å². The van der Waals surface area contributed by atoms with Crippen LogP contribution in [0.4, 0.5) is 0 Å². The third-order valence-electron chi connectivity index (χ3n) is 3.80. The largest absolute Gasteiger partial charge is 0.493 e. The van der Waals surface area contributed by atoms with E-state index < -0.39 is 11.7 Å². The van der Waals surface area contributed by atoms with Gasteiger partial charge in [-0.2, -0.15) is 0 Å². The Balaban J connectivity index is 2.25. The van der Waals surface area contributed by atoms with Gasteiger partial charge >= 0.3 is 0 Å². The van der Waals surface area contributed by atoms with Gasteiger partial charge in [-0.3, -0.25) is 0 Å². The quantitative estimate of drug-likeness (QED) is 0.910. The van der Waals surface area contributed by atoms with E-state index in [4.69, 9.17) is 14.2 Å². The first-order chi connectivity index (χ1) is 9.10. The molecular formula is C15H22O4. The van der Waals surface area contributed by atoms with Gasteiger partial charge in [-0.1, -0.05) is 6.07 Å². The van der Waals surface area contributed by atoms with Crippen LogP contribution in [0, 0.1) is 0 Å². The first-order valence-corrected chi connectivity index (χ1v) is 6.64. The predicted molar refractivity (Wildman–Crippen MR) is 72.7 cm³/mol. The lowest BCUT2D eigenvalue weighted by atomic mass is 9.86. The molecular weight excluding hydrogens is 244 g/mol. The molecule has 0 spiro atoms. The monoisotopic (exact) mass is 266 g/mol. The van der Waals surface area contributed by atoms with Crippen molar-refractivity contribution in [3.63, 3.8) is 0 Å². The number of hydrogen-bond acceptors (Lipinski definition) is 4. The van der Waals surface area contributed by atoms with Crippen LogP contribution in [0.1, 0.15) is 37.9 Å². The number of methoxy groups -OCH3 is 2. The normalized spacial score (nSPS) is 24.8. The van der Waals surface area contributed by atoms with Crippen molar-refractivity contribution >= 4 is 0 Å². The number of benzene rings is 1. The number of aliphatic hydroxyl groups is 1. The van der Waals surface area contributed by atoms with Crippen LogP contribution in [0.3, 0.4) is 0 Å². The summed E-state index contributed by atoms with van der Waals surface area (Å²) in [6, 6.07) is 5.48. The SMILES string of the molecule is COc1ccc(C(O)C2(C)CCCCO2)cc1OC. The zero-order chi connectivity index (χ0) is 13.9. The molecule has 4 heteroatoms. The van der Waals surface area contributed by atoms with Gasteiger partial charge in [0.2, 0.25) is 0 Å². The Bertz CT molecular complexity index is 424. The second-order valence-corrected chi connectivity index (χ2v) is 5.14. The molecule has 1 fully saturated rings. The third-order valence-corrected chi connectivity index (χ3v) is 3.80. The van der Waals surface area contributed by atoms with Gasteiger partial charge < -0.3 is 19.3 Å². The highest BCUT2D eigenvalue weighted by Gasteiger charge is 2.37. The van der Waals surface area contributed by atoms with Crippen LogP contribution in [-0.4, -0.2) is 31.5 Å². The minimum absolute atomic E-state index is 0.516. The maximum absolute atomic E-state index is 10.6. The summed E-state index contributed by atoms with van der Waals surface area (Å²) >= 11 is 0. The van der Waals surface area contributed by atoms with Crippen LogP contribution < -0.4 is 9.47 Å². The van der Waals surface area contributed by atoms with E-state index in [1.165, 1.54) is 0 Å². The Hall–Kier alpha value is -1.26. The molecule has 1 aromatic rings. The van der Waals surface area contributed by atoms with Gasteiger partial charge in [-0.25, -0.2) is 0 Å². The lowest BCUT2D eigenvalue weighted by Crippen LogP contribution is -2.39. The zero-order valence-electron chi connectivity index (χ0n) is 11.8. The highest BCUT2D eigenvalue weighted by atomic mass is 16.5. The molecule has 2 rings (SSSR count). The van der Waals surface area contributed by atoms with Crippen LogP contribution in [0.15, 0.2) is 18.2 Å². The van der Waals surface area contributed by atoms with Gasteiger partial charge in [0, 0.05) is 6.61 Å². The van der Waals surface area contributed by atoms with Gasteiger partial charge in [0.15, 0.2) is 11.5 Å². The fourth-order valence-corrected chi connectivity index (χ4v) is 2.55. The third kappa shape index (κ3) is 2.85. The van der Waals surface area contributed by atoms with Crippen molar-refractivity contribution in [2.75, 3.05) is 20.8 Å². The minimum Gasteiger partial charge on any atom is -0.493 e. The molecule has 1 aliphatic rings. The Kier molecular flexibility index (Phi) is 4.32. The summed E-state index contributed by atoms with van der Waals surface area (Å²) in [5.74, 6) is 1.28. The molecule has 0 bridgehead atoms. The topological polar surface area (TPSA) is 47.9 Å². The van der Waals surface area contributed by atoms with Crippen molar-refractivity contribution in [2.24, 2.45) is 0 Å². The Labute approximate surface area is 114 Å². The Morgan fingerprint density at radius 1 is 1.21 bits per heavy atom. The summed E-state index contributed by atoms with van der Waals surface area (Å²) in [7, 11) is 3.19. The number of ether oxygens (including phenoxy) is 3. The van der Waals surface area contributed by atoms with Crippen LogP contribution in [0.5, 0.6) is 11.5 Å². The van der Waals surface area contributed by atoms with Crippen molar-refractivity contribution in [3.05, 3.63) is 23.8 Å². The molecule has 1 saturated heterocycles. The van der Waals surface area contributed by atoms with Crippen molar-refractivity contribution in [3.8, 4) is 11.5 Å². The molecule has 1 aromatic carbocycles. The molecule has 2 unspecified atom stereocenters. The Morgan fingerprint density at radius 3 is 2.53 bits per heavy atom. The van der Waals surface area contributed by atoms with E-state index in [1.807, 2.05) is 25.1 Å². The van der Waals surface area contributed by atoms with Crippen LogP contribution in [0.25, 0.3) is 0 Å². The number of hydrogen-bond donors (Lipinski definition) is 1. The number of rotatable bonds is 4. The van der Waals surface area contributed by atoms with Crippen LogP contribution in [0.2, 0.25) is 0 Å². The van der Waals surface area contributed by atoms with Gasteiger partial charge in [0.25, 0.3) is 0 Å². The lowest BCUT2D eigenvalue weighted by molar-refractivity contribution is -0.138. The van der Waals surface area contributed by atoms with Crippen molar-refractivity contribution in [1.29, 1.82) is 0 Å². The standard InChI is InChI=1S/C15H22O4/c1-15(8-4-5-9-19-15)14(16)11-6-7-12(17-2)13(10-11)18-3/h6-7,10,14,16H,4-5,8-9H2,1-3H3. The van der Waals surface area contributed by atoms with Crippen LogP contribution >= 0.6 is 0 Å². The number of aliphatic hydroxyl groups excluding tert-OH is 1. The molecule has 0 aromatic heterocycles. The lowest BCUT2D eigenvalue weighted by Gasteiger charge is -2.38. The molecule has 2 atom stereocenters. The molecule has 0 aliphatic carbocycles. The van der Waals surface area contributed by atoms with E-state index in [-0.39, 0.29) is 0 Å². The summed E-state index contributed by atoms with van der Waals surface area (Å²) in [5.41, 5.74) is 0.278. The highest BCUT2D eigenvalue weighted by Crippen LogP contribution is 2.39. The molecule has 1 aliphatic heterocycles. The van der Waals surface area contributed by atoms with Crippen molar-refractivity contribution in [1.82, 2.24) is 0 Å².